The van der Waals surface area contributed by atoms with Crippen molar-refractivity contribution in [1.29, 1.82) is 5.26 Å². The fraction of sp³-hybridized carbons (Fsp3) is 0.222. The zero-order valence-corrected chi connectivity index (χ0v) is 7.16. The van der Waals surface area contributed by atoms with Crippen LogP contribution in [0.15, 0.2) is 27.9 Å². The highest BCUT2D eigenvalue weighted by Crippen LogP contribution is 2.06. The van der Waals surface area contributed by atoms with E-state index in [0.29, 0.717) is 17.6 Å². The number of carbonyl (C=O) groups is 1. The van der Waals surface area contributed by atoms with Gasteiger partial charge in [0.25, 0.3) is 0 Å². The topological polar surface area (TPSA) is 53.2 Å². The maximum absolute atomic E-state index is 10.3. The molecule has 0 spiro atoms. The number of hydrogen-bond acceptors (Lipinski definition) is 3. The van der Waals surface area contributed by atoms with E-state index >= 15 is 0 Å². The molecule has 0 radical (unpaired) electrons. The molecule has 0 bridgehead atoms. The van der Waals surface area contributed by atoms with Gasteiger partial charge in [-0.05, 0) is 32.2 Å². The Morgan fingerprint density at radius 1 is 1.58 bits per heavy atom. The van der Waals surface area contributed by atoms with Crippen molar-refractivity contribution < 1.29 is 4.79 Å². The Bertz CT molecular complexity index is 292. The van der Waals surface area contributed by atoms with Gasteiger partial charge in [-0.15, -0.1) is 0 Å². The summed E-state index contributed by atoms with van der Waals surface area (Å²) in [6.45, 7) is 6.74. The van der Waals surface area contributed by atoms with Crippen LogP contribution < -0.4 is 0 Å². The van der Waals surface area contributed by atoms with E-state index in [4.69, 9.17) is 5.26 Å². The van der Waals surface area contributed by atoms with Crippen LogP contribution in [0.3, 0.4) is 0 Å². The number of rotatable bonds is 3. The Morgan fingerprint density at radius 2 is 2.17 bits per heavy atom. The van der Waals surface area contributed by atoms with Crippen LogP contribution >= 0.6 is 0 Å². The summed E-state index contributed by atoms with van der Waals surface area (Å²) < 4.78 is 0. The molecule has 0 aromatic heterocycles. The van der Waals surface area contributed by atoms with Crippen LogP contribution in [0.2, 0.25) is 0 Å². The average molecular weight is 162 g/mol. The molecule has 62 valence electrons. The summed E-state index contributed by atoms with van der Waals surface area (Å²) in [4.78, 5) is 13.9. The second-order valence-corrected chi connectivity index (χ2v) is 2.27. The molecule has 0 fully saturated rings. The second kappa shape index (κ2) is 5.03. The van der Waals surface area contributed by atoms with Crippen molar-refractivity contribution in [2.75, 3.05) is 0 Å². The Morgan fingerprint density at radius 3 is 2.50 bits per heavy atom. The van der Waals surface area contributed by atoms with Crippen LogP contribution in [0, 0.1) is 11.3 Å². The molecule has 0 rings (SSSR count). The van der Waals surface area contributed by atoms with Crippen LogP contribution in [0.4, 0.5) is 0 Å². The van der Waals surface area contributed by atoms with Gasteiger partial charge in [-0.3, -0.25) is 9.79 Å². The molecular weight excluding hydrogens is 152 g/mol. The van der Waals surface area contributed by atoms with Gasteiger partial charge in [-0.2, -0.15) is 5.26 Å². The van der Waals surface area contributed by atoms with Gasteiger partial charge in [0.1, 0.15) is 6.07 Å². The molecule has 0 atom stereocenters. The number of allylic oxidation sites excluding steroid dienone is 4. The molecule has 0 N–H and O–H groups in total. The first-order valence-electron chi connectivity index (χ1n) is 3.37. The van der Waals surface area contributed by atoms with E-state index in [1.165, 1.54) is 0 Å². The molecule has 0 saturated heterocycles. The largest absolute Gasteiger partial charge is 0.297 e. The first kappa shape index (κ1) is 10.3. The summed E-state index contributed by atoms with van der Waals surface area (Å²) in [5.74, 6) is 0. The van der Waals surface area contributed by atoms with Gasteiger partial charge in [0.2, 0.25) is 0 Å². The molecule has 0 aliphatic carbocycles. The van der Waals surface area contributed by atoms with Gasteiger partial charge in [0.15, 0.2) is 6.29 Å². The lowest BCUT2D eigenvalue weighted by atomic mass is 10.1. The average Bonchev–Trinajstić information content (AvgIpc) is 2.06. The Kier molecular flexibility index (Phi) is 4.32. The molecule has 3 nitrogen and oxygen atoms in total. The fourth-order valence-corrected chi connectivity index (χ4v) is 0.644. The van der Waals surface area contributed by atoms with Crippen molar-refractivity contribution in [1.82, 2.24) is 0 Å². The van der Waals surface area contributed by atoms with Crippen LogP contribution in [0.25, 0.3) is 0 Å². The number of aliphatic imine (C=N–C) groups is 1. The number of nitrogens with zero attached hydrogens (tertiary/aromatic N) is 2. The van der Waals surface area contributed by atoms with E-state index in [9.17, 15) is 4.79 Å². The molecule has 0 aliphatic heterocycles. The Hall–Kier alpha value is -1.69. The van der Waals surface area contributed by atoms with E-state index in [2.05, 4.69) is 11.7 Å². The maximum Gasteiger partial charge on any atom is 0.160 e. The van der Waals surface area contributed by atoms with E-state index in [-0.39, 0.29) is 5.57 Å². The van der Waals surface area contributed by atoms with E-state index in [1.54, 1.807) is 26.0 Å². The zero-order chi connectivity index (χ0) is 9.56. The van der Waals surface area contributed by atoms with Crippen LogP contribution in [0.1, 0.15) is 13.8 Å². The van der Waals surface area contributed by atoms with Crippen molar-refractivity contribution in [3.63, 3.8) is 0 Å². The molecule has 12 heavy (non-hydrogen) atoms. The predicted octanol–water partition coefficient (Wildman–Crippen LogP) is 1.63. The summed E-state index contributed by atoms with van der Waals surface area (Å²) in [7, 11) is 0. The van der Waals surface area contributed by atoms with Gasteiger partial charge in [-0.1, -0.05) is 0 Å². The number of nitriles is 1. The second-order valence-electron chi connectivity index (χ2n) is 2.27. The molecule has 0 heterocycles. The van der Waals surface area contributed by atoms with Crippen molar-refractivity contribution in [2.24, 2.45) is 4.99 Å². The van der Waals surface area contributed by atoms with E-state index in [0.717, 1.165) is 0 Å². The number of carbonyl (C=O) groups excluding carboxylic acids is 1. The maximum atomic E-state index is 10.3. The van der Waals surface area contributed by atoms with Gasteiger partial charge in [0.05, 0.1) is 5.57 Å². The predicted molar refractivity (Wildman–Crippen MR) is 47.7 cm³/mol. The van der Waals surface area contributed by atoms with Gasteiger partial charge >= 0.3 is 0 Å². The highest BCUT2D eigenvalue weighted by Gasteiger charge is 1.96. The Balaban J connectivity index is 4.92. The normalized spacial score (nSPS) is 12.9. The minimum atomic E-state index is 0.123. The molecule has 0 unspecified atom stereocenters. The molecular formula is C9H10N2O. The van der Waals surface area contributed by atoms with Crippen LogP contribution in [-0.2, 0) is 4.79 Å². The Labute approximate surface area is 71.7 Å². The molecule has 0 amide bonds. The third kappa shape index (κ3) is 2.93. The minimum Gasteiger partial charge on any atom is -0.297 e. The third-order valence-corrected chi connectivity index (χ3v) is 1.34. The summed E-state index contributed by atoms with van der Waals surface area (Å²) in [6.07, 6.45) is 2.17. The summed E-state index contributed by atoms with van der Waals surface area (Å²) in [6, 6.07) is 1.79. The standard InChI is InChI=1S/C9H10N2O/c1-7(4-8(2)11-3)9(5-10)6-12/h4,6H,3H2,1-2H3/b8-4-,9-7-. The number of aldehydes is 1. The minimum absolute atomic E-state index is 0.123. The van der Waals surface area contributed by atoms with Crippen LogP contribution in [0.5, 0.6) is 0 Å². The molecule has 0 aromatic rings. The lowest BCUT2D eigenvalue weighted by molar-refractivity contribution is -0.104. The summed E-state index contributed by atoms with van der Waals surface area (Å²) in [5, 5.41) is 8.47. The van der Waals surface area contributed by atoms with Gasteiger partial charge in [0, 0.05) is 5.70 Å². The summed E-state index contributed by atoms with van der Waals surface area (Å²) >= 11 is 0. The lowest BCUT2D eigenvalue weighted by Gasteiger charge is -1.93. The first-order valence-corrected chi connectivity index (χ1v) is 3.37. The van der Waals surface area contributed by atoms with Crippen molar-refractivity contribution in [3.05, 3.63) is 22.9 Å². The lowest BCUT2D eigenvalue weighted by Crippen LogP contribution is -1.85. The van der Waals surface area contributed by atoms with Crippen molar-refractivity contribution in [2.45, 2.75) is 13.8 Å². The number of hydrogen-bond donors (Lipinski definition) is 0. The molecule has 0 aromatic carbocycles. The van der Waals surface area contributed by atoms with Crippen molar-refractivity contribution in [3.8, 4) is 6.07 Å². The third-order valence-electron chi connectivity index (χ3n) is 1.34. The fourth-order valence-electron chi connectivity index (χ4n) is 0.644. The molecule has 0 saturated carbocycles. The van der Waals surface area contributed by atoms with Gasteiger partial charge in [-0.25, -0.2) is 0 Å². The SMILES string of the molecule is C=N/C(C)=C\C(C)=C(\C#N)C=O. The van der Waals surface area contributed by atoms with Crippen LogP contribution in [-0.4, -0.2) is 13.0 Å². The highest BCUT2D eigenvalue weighted by molar-refractivity contribution is 5.81. The molecule has 3 heteroatoms. The smallest absolute Gasteiger partial charge is 0.160 e. The first-order chi connectivity index (χ1) is 5.65. The zero-order valence-electron chi connectivity index (χ0n) is 7.16. The monoisotopic (exact) mass is 162 g/mol. The van der Waals surface area contributed by atoms with Crippen molar-refractivity contribution >= 4 is 13.0 Å². The van der Waals surface area contributed by atoms with E-state index in [1.807, 2.05) is 0 Å². The summed E-state index contributed by atoms with van der Waals surface area (Å²) in [5.41, 5.74) is 1.41. The quantitative estimate of drug-likeness (QED) is 0.208. The molecule has 0 aliphatic rings. The van der Waals surface area contributed by atoms with Gasteiger partial charge < -0.3 is 0 Å². The highest BCUT2D eigenvalue weighted by atomic mass is 16.1. The van der Waals surface area contributed by atoms with E-state index < -0.39 is 0 Å².